The zero-order valence-corrected chi connectivity index (χ0v) is 9.82. The van der Waals surface area contributed by atoms with Gasteiger partial charge in [-0.25, -0.2) is 4.79 Å². The number of rotatable bonds is 2. The molecule has 0 unspecified atom stereocenters. The number of hydrogen-bond donors (Lipinski definition) is 1. The maximum atomic E-state index is 11.9. The zero-order chi connectivity index (χ0) is 14.1. The predicted octanol–water partition coefficient (Wildman–Crippen LogP) is 1.86. The molecule has 0 spiro atoms. The molecule has 0 aromatic rings. The third-order valence-electron chi connectivity index (χ3n) is 2.17. The van der Waals surface area contributed by atoms with Crippen molar-refractivity contribution < 1.29 is 22.2 Å². The first kappa shape index (κ1) is 9.93. The van der Waals surface area contributed by atoms with Gasteiger partial charge in [0.15, 0.2) is 0 Å². The lowest BCUT2D eigenvalue weighted by Gasteiger charge is -2.27. The standard InChI is InChI=1S/C11H19NO4/c1-11(2,3)16-10(15)12-6-4-5-8(12)7-9(13)14/h8H,4-7H2,1-3H3,(H,13,14)/t8-/m1/s1/i7D2. The molecule has 1 heterocycles. The maximum absolute atomic E-state index is 11.9. The van der Waals surface area contributed by atoms with E-state index in [1.54, 1.807) is 20.8 Å². The van der Waals surface area contributed by atoms with Crippen LogP contribution in [0.15, 0.2) is 0 Å². The molecule has 1 saturated heterocycles. The SMILES string of the molecule is [2H]C([2H])(C(=O)O)[C@H]1CCCN1C(=O)OC(C)(C)C. The van der Waals surface area contributed by atoms with Crippen LogP contribution in [-0.2, 0) is 9.53 Å². The monoisotopic (exact) mass is 231 g/mol. The van der Waals surface area contributed by atoms with Gasteiger partial charge < -0.3 is 14.7 Å². The minimum atomic E-state index is -2.45. The van der Waals surface area contributed by atoms with Gasteiger partial charge in [-0.15, -0.1) is 0 Å². The minimum absolute atomic E-state index is 0.326. The number of carboxylic acids is 1. The van der Waals surface area contributed by atoms with E-state index in [0.29, 0.717) is 19.4 Å². The number of ether oxygens (including phenoxy) is 1. The lowest BCUT2D eigenvalue weighted by Crippen LogP contribution is -2.40. The van der Waals surface area contributed by atoms with Crippen molar-refractivity contribution in [1.29, 1.82) is 0 Å². The number of nitrogens with zero attached hydrogens (tertiary/aromatic N) is 1. The van der Waals surface area contributed by atoms with Crippen molar-refractivity contribution in [2.45, 2.75) is 51.6 Å². The molecule has 0 aliphatic carbocycles. The largest absolute Gasteiger partial charge is 0.481 e. The van der Waals surface area contributed by atoms with Crippen LogP contribution in [0.5, 0.6) is 0 Å². The van der Waals surface area contributed by atoms with Crippen LogP contribution in [0.3, 0.4) is 0 Å². The van der Waals surface area contributed by atoms with E-state index in [0.717, 1.165) is 0 Å². The van der Waals surface area contributed by atoms with Crippen molar-refractivity contribution in [3.05, 3.63) is 0 Å². The molecule has 0 aromatic carbocycles. The van der Waals surface area contributed by atoms with Crippen molar-refractivity contribution in [1.82, 2.24) is 4.90 Å². The Balaban J connectivity index is 2.83. The van der Waals surface area contributed by atoms with Gasteiger partial charge in [-0.05, 0) is 33.6 Å². The highest BCUT2D eigenvalue weighted by molar-refractivity contribution is 5.72. The maximum Gasteiger partial charge on any atom is 0.410 e. The van der Waals surface area contributed by atoms with Gasteiger partial charge in [-0.1, -0.05) is 0 Å². The summed E-state index contributed by atoms with van der Waals surface area (Å²) >= 11 is 0. The third-order valence-corrected chi connectivity index (χ3v) is 2.17. The van der Waals surface area contributed by atoms with Crippen LogP contribution >= 0.6 is 0 Å². The summed E-state index contributed by atoms with van der Waals surface area (Å²) in [5, 5.41) is 8.88. The van der Waals surface area contributed by atoms with Gasteiger partial charge in [0, 0.05) is 15.3 Å². The minimum Gasteiger partial charge on any atom is -0.481 e. The number of aliphatic carboxylic acids is 1. The topological polar surface area (TPSA) is 66.8 Å². The second-order valence-corrected chi connectivity index (χ2v) is 4.78. The fraction of sp³-hybridized carbons (Fsp3) is 0.818. The number of amides is 1. The molecule has 1 aliphatic heterocycles. The molecule has 16 heavy (non-hydrogen) atoms. The summed E-state index contributed by atoms with van der Waals surface area (Å²) in [7, 11) is 0. The molecule has 92 valence electrons. The molecule has 0 bridgehead atoms. The Morgan fingerprint density at radius 1 is 1.56 bits per heavy atom. The highest BCUT2D eigenvalue weighted by atomic mass is 16.6. The van der Waals surface area contributed by atoms with Crippen molar-refractivity contribution in [3.63, 3.8) is 0 Å². The van der Waals surface area contributed by atoms with E-state index in [1.807, 2.05) is 0 Å². The van der Waals surface area contributed by atoms with Crippen molar-refractivity contribution >= 4 is 12.1 Å². The molecule has 1 atom stereocenters. The van der Waals surface area contributed by atoms with E-state index >= 15 is 0 Å². The number of likely N-dealkylation sites (tertiary alicyclic amines) is 1. The highest BCUT2D eigenvalue weighted by Gasteiger charge is 2.33. The van der Waals surface area contributed by atoms with Crippen LogP contribution in [0.1, 0.15) is 42.7 Å². The van der Waals surface area contributed by atoms with Gasteiger partial charge >= 0.3 is 12.1 Å². The Hall–Kier alpha value is -1.26. The van der Waals surface area contributed by atoms with E-state index in [9.17, 15) is 9.59 Å². The van der Waals surface area contributed by atoms with Gasteiger partial charge in [0.05, 0.1) is 6.37 Å². The molecule has 0 aromatic heterocycles. The van der Waals surface area contributed by atoms with Crippen molar-refractivity contribution in [2.75, 3.05) is 6.54 Å². The summed E-state index contributed by atoms with van der Waals surface area (Å²) in [6.07, 6.45) is -2.20. The predicted molar refractivity (Wildman–Crippen MR) is 58.2 cm³/mol. The molecule has 1 aliphatic rings. The first-order valence-corrected chi connectivity index (χ1v) is 5.29. The Morgan fingerprint density at radius 2 is 2.19 bits per heavy atom. The van der Waals surface area contributed by atoms with E-state index in [2.05, 4.69) is 0 Å². The molecular weight excluding hydrogens is 210 g/mol. The number of hydrogen-bond acceptors (Lipinski definition) is 3. The Labute approximate surface area is 98.2 Å². The fourth-order valence-corrected chi connectivity index (χ4v) is 1.60. The molecule has 5 heteroatoms. The van der Waals surface area contributed by atoms with E-state index in [4.69, 9.17) is 12.6 Å². The summed E-state index contributed by atoms with van der Waals surface area (Å²) in [6, 6.07) is -0.968. The fourth-order valence-electron chi connectivity index (χ4n) is 1.60. The lowest BCUT2D eigenvalue weighted by atomic mass is 10.1. The molecule has 1 N–H and O–H groups in total. The van der Waals surface area contributed by atoms with Crippen LogP contribution in [0.25, 0.3) is 0 Å². The normalized spacial score (nSPS) is 23.7. The smallest absolute Gasteiger partial charge is 0.410 e. The average molecular weight is 231 g/mol. The van der Waals surface area contributed by atoms with Crippen LogP contribution in [0.2, 0.25) is 0 Å². The average Bonchev–Trinajstić information content (AvgIpc) is 2.62. The van der Waals surface area contributed by atoms with Gasteiger partial charge in [0.1, 0.15) is 5.60 Å². The molecule has 1 amide bonds. The van der Waals surface area contributed by atoms with Crippen molar-refractivity contribution in [2.24, 2.45) is 0 Å². The van der Waals surface area contributed by atoms with Crippen molar-refractivity contribution in [3.8, 4) is 0 Å². The molecule has 0 saturated carbocycles. The third kappa shape index (κ3) is 3.72. The Bertz CT molecular complexity index is 351. The molecule has 1 fully saturated rings. The summed E-state index contributed by atoms with van der Waals surface area (Å²) in [5.41, 5.74) is -0.680. The lowest BCUT2D eigenvalue weighted by molar-refractivity contribution is -0.138. The number of carboxylic acid groups (broad SMARTS) is 1. The summed E-state index contributed by atoms with van der Waals surface area (Å²) in [4.78, 5) is 24.0. The Kier molecular flexibility index (Phi) is 2.93. The first-order chi connectivity index (χ1) is 8.05. The van der Waals surface area contributed by atoms with Crippen LogP contribution in [-0.4, -0.2) is 40.3 Å². The molecule has 0 radical (unpaired) electrons. The zero-order valence-electron chi connectivity index (χ0n) is 11.8. The summed E-state index contributed by atoms with van der Waals surface area (Å²) < 4.78 is 20.3. The van der Waals surface area contributed by atoms with Gasteiger partial charge in [0.25, 0.3) is 0 Å². The van der Waals surface area contributed by atoms with Crippen LogP contribution in [0, 0.1) is 0 Å². The molecular formula is C11H19NO4. The van der Waals surface area contributed by atoms with Gasteiger partial charge in [-0.3, -0.25) is 4.79 Å². The first-order valence-electron chi connectivity index (χ1n) is 6.29. The van der Waals surface area contributed by atoms with Crippen LogP contribution < -0.4 is 0 Å². The Morgan fingerprint density at radius 3 is 2.69 bits per heavy atom. The molecule has 5 nitrogen and oxygen atoms in total. The second kappa shape index (κ2) is 4.72. The van der Waals surface area contributed by atoms with Crippen LogP contribution in [0.4, 0.5) is 4.79 Å². The summed E-state index contributed by atoms with van der Waals surface area (Å²) in [5.74, 6) is -1.55. The van der Waals surface area contributed by atoms with Gasteiger partial charge in [0.2, 0.25) is 0 Å². The quantitative estimate of drug-likeness (QED) is 0.787. The van der Waals surface area contributed by atoms with Gasteiger partial charge in [-0.2, -0.15) is 0 Å². The molecule has 1 rings (SSSR count). The second-order valence-electron chi connectivity index (χ2n) is 4.78. The van der Waals surface area contributed by atoms with E-state index in [-0.39, 0.29) is 0 Å². The number of carbonyl (C=O) groups is 2. The number of carbonyl (C=O) groups excluding carboxylic acids is 1. The summed E-state index contributed by atoms with van der Waals surface area (Å²) in [6.45, 7) is 5.46. The van der Waals surface area contributed by atoms with E-state index < -0.39 is 30.1 Å². The highest BCUT2D eigenvalue weighted by Crippen LogP contribution is 2.22. The van der Waals surface area contributed by atoms with E-state index in [1.165, 1.54) is 4.90 Å².